The summed E-state index contributed by atoms with van der Waals surface area (Å²) in [7, 11) is -7.48. The summed E-state index contributed by atoms with van der Waals surface area (Å²) in [6.45, 7) is 3.73. The van der Waals surface area contributed by atoms with Crippen LogP contribution in [0.5, 0.6) is 0 Å². The first kappa shape index (κ1) is 24.0. The minimum Gasteiger partial charge on any atom is -0.280 e. The van der Waals surface area contributed by atoms with Crippen molar-refractivity contribution in [3.05, 3.63) is 63.6 Å². The number of halogens is 1. The molecule has 0 aliphatic heterocycles. The van der Waals surface area contributed by atoms with Crippen LogP contribution in [0.2, 0.25) is 5.02 Å². The Kier molecular flexibility index (Phi) is 6.79. The summed E-state index contributed by atoms with van der Waals surface area (Å²) >= 11 is 7.45. The van der Waals surface area contributed by atoms with Gasteiger partial charge in [0.2, 0.25) is 5.13 Å². The van der Waals surface area contributed by atoms with E-state index in [0.29, 0.717) is 5.13 Å². The smallest absolute Gasteiger partial charge is 0.271 e. The highest BCUT2D eigenvalue weighted by atomic mass is 35.5. The maximum Gasteiger partial charge on any atom is 0.271 e. The van der Waals surface area contributed by atoms with E-state index in [1.807, 2.05) is 13.8 Å². The molecule has 0 aliphatic rings. The fraction of sp³-hybridized carbons (Fsp3) is 0.158. The molecule has 3 N–H and O–H groups in total. The van der Waals surface area contributed by atoms with Gasteiger partial charge in [0.25, 0.3) is 15.9 Å². The summed E-state index contributed by atoms with van der Waals surface area (Å²) in [6.07, 6.45) is 1.05. The van der Waals surface area contributed by atoms with Gasteiger partial charge in [-0.25, -0.2) is 21.8 Å². The molecular weight excluding hydrogens is 496 g/mol. The van der Waals surface area contributed by atoms with E-state index < -0.39 is 25.8 Å². The minimum atomic E-state index is -4.07. The van der Waals surface area contributed by atoms with E-state index in [4.69, 9.17) is 11.6 Å². The summed E-state index contributed by atoms with van der Waals surface area (Å²) in [5.74, 6) is -0.643. The molecule has 32 heavy (non-hydrogen) atoms. The number of sulfone groups is 1. The lowest BCUT2D eigenvalue weighted by Gasteiger charge is -2.11. The molecule has 0 radical (unpaired) electrons. The molecule has 1 aromatic heterocycles. The molecule has 0 spiro atoms. The summed E-state index contributed by atoms with van der Waals surface area (Å²) in [5.41, 5.74) is 6.06. The second kappa shape index (κ2) is 9.06. The molecule has 9 nitrogen and oxygen atoms in total. The van der Waals surface area contributed by atoms with Crippen LogP contribution in [0.1, 0.15) is 20.9 Å². The number of benzene rings is 2. The van der Waals surface area contributed by atoms with Crippen LogP contribution in [0.4, 0.5) is 10.8 Å². The van der Waals surface area contributed by atoms with Gasteiger partial charge >= 0.3 is 0 Å². The second-order valence-corrected chi connectivity index (χ2v) is 12.1. The molecular formula is C19H19ClN4O5S3. The lowest BCUT2D eigenvalue weighted by molar-refractivity contribution is 0.0962. The predicted octanol–water partition coefficient (Wildman–Crippen LogP) is 3.37. The zero-order valence-corrected chi connectivity index (χ0v) is 20.3. The van der Waals surface area contributed by atoms with Gasteiger partial charge < -0.3 is 0 Å². The van der Waals surface area contributed by atoms with Gasteiger partial charge in [-0.15, -0.1) is 11.3 Å². The van der Waals surface area contributed by atoms with Crippen molar-refractivity contribution in [3.63, 3.8) is 0 Å². The van der Waals surface area contributed by atoms with E-state index in [2.05, 4.69) is 20.6 Å². The Labute approximate surface area is 194 Å². The highest BCUT2D eigenvalue weighted by Crippen LogP contribution is 2.24. The number of hydrogen-bond acceptors (Lipinski definition) is 8. The lowest BCUT2D eigenvalue weighted by atomic mass is 10.2. The van der Waals surface area contributed by atoms with Gasteiger partial charge in [-0.1, -0.05) is 11.6 Å². The first-order valence-electron chi connectivity index (χ1n) is 9.00. The van der Waals surface area contributed by atoms with Gasteiger partial charge in [0.1, 0.15) is 0 Å². The van der Waals surface area contributed by atoms with E-state index in [1.54, 1.807) is 0 Å². The molecule has 1 amide bonds. The fourth-order valence-corrected chi connectivity index (χ4v) is 5.22. The van der Waals surface area contributed by atoms with Gasteiger partial charge in [-0.05, 0) is 56.3 Å². The maximum atomic E-state index is 12.8. The van der Waals surface area contributed by atoms with E-state index in [9.17, 15) is 21.6 Å². The zero-order valence-electron chi connectivity index (χ0n) is 17.1. The Morgan fingerprint density at radius 2 is 1.62 bits per heavy atom. The molecule has 0 saturated carbocycles. The Balaban J connectivity index is 1.79. The third kappa shape index (κ3) is 5.57. The first-order chi connectivity index (χ1) is 14.9. The van der Waals surface area contributed by atoms with Crippen LogP contribution < -0.4 is 15.6 Å². The molecule has 0 unspecified atom stereocenters. The van der Waals surface area contributed by atoms with Crippen molar-refractivity contribution in [1.29, 1.82) is 0 Å². The SMILES string of the molecule is Cc1nc(NNC(=O)c2cc(S(=O)(=O)Nc3ccc(S(C)(=O)=O)cc3)ccc2Cl)sc1C. The van der Waals surface area contributed by atoms with Crippen molar-refractivity contribution < 1.29 is 21.6 Å². The number of nitrogens with zero attached hydrogens (tertiary/aromatic N) is 1. The molecule has 3 rings (SSSR count). The molecule has 13 heteroatoms. The largest absolute Gasteiger partial charge is 0.280 e. The fourth-order valence-electron chi connectivity index (χ4n) is 2.53. The number of carbonyl (C=O) groups excluding carboxylic acids is 1. The summed E-state index contributed by atoms with van der Waals surface area (Å²) in [6, 6.07) is 8.95. The number of rotatable bonds is 7. The lowest BCUT2D eigenvalue weighted by Crippen LogP contribution is -2.29. The Hall–Kier alpha value is -2.67. The maximum absolute atomic E-state index is 12.8. The Morgan fingerprint density at radius 1 is 1.00 bits per heavy atom. The van der Waals surface area contributed by atoms with E-state index in [0.717, 1.165) is 22.9 Å². The van der Waals surface area contributed by atoms with Gasteiger partial charge in [0, 0.05) is 16.8 Å². The molecule has 0 fully saturated rings. The highest BCUT2D eigenvalue weighted by molar-refractivity contribution is 7.92. The standard InChI is InChI=1S/C19H19ClN4O5S3/c1-11-12(2)30-19(21-11)23-22-18(25)16-10-15(8-9-17(16)20)32(28,29)24-13-4-6-14(7-5-13)31(3,26)27/h4-10,24H,1-3H3,(H,21,23)(H,22,25). The van der Waals surface area contributed by atoms with E-state index >= 15 is 0 Å². The van der Waals surface area contributed by atoms with Crippen molar-refractivity contribution in [1.82, 2.24) is 10.4 Å². The van der Waals surface area contributed by atoms with Crippen LogP contribution >= 0.6 is 22.9 Å². The van der Waals surface area contributed by atoms with Crippen LogP contribution in [0.15, 0.2) is 52.3 Å². The van der Waals surface area contributed by atoms with Gasteiger partial charge in [-0.3, -0.25) is 20.4 Å². The number of thiazole rings is 1. The molecule has 0 saturated heterocycles. The van der Waals surface area contributed by atoms with Crippen LogP contribution in [0.25, 0.3) is 0 Å². The number of aryl methyl sites for hydroxylation is 2. The summed E-state index contributed by atoms with van der Waals surface area (Å²) in [4.78, 5) is 17.6. The summed E-state index contributed by atoms with van der Waals surface area (Å²) in [5, 5.41) is 0.541. The van der Waals surface area contributed by atoms with Gasteiger partial charge in [0.05, 0.1) is 26.1 Å². The third-order valence-electron chi connectivity index (χ3n) is 4.34. The van der Waals surface area contributed by atoms with Crippen LogP contribution in [-0.4, -0.2) is 34.0 Å². The van der Waals surface area contributed by atoms with Crippen LogP contribution in [0.3, 0.4) is 0 Å². The normalized spacial score (nSPS) is 11.8. The number of aromatic nitrogens is 1. The third-order valence-corrected chi connectivity index (χ3v) is 8.16. The number of anilines is 2. The number of hydrazine groups is 1. The molecule has 1 heterocycles. The van der Waals surface area contributed by atoms with E-state index in [1.165, 1.54) is 47.7 Å². The average Bonchev–Trinajstić information content (AvgIpc) is 3.03. The Bertz CT molecular complexity index is 1370. The molecule has 3 aromatic rings. The molecule has 170 valence electrons. The van der Waals surface area contributed by atoms with Crippen molar-refractivity contribution in [2.45, 2.75) is 23.6 Å². The van der Waals surface area contributed by atoms with Crippen LogP contribution in [0, 0.1) is 13.8 Å². The quantitative estimate of drug-likeness (QED) is 0.411. The second-order valence-electron chi connectivity index (χ2n) is 6.78. The molecule has 2 aromatic carbocycles. The first-order valence-corrected chi connectivity index (χ1v) is 13.6. The monoisotopic (exact) mass is 514 g/mol. The molecule has 0 bridgehead atoms. The average molecular weight is 515 g/mol. The predicted molar refractivity (Wildman–Crippen MR) is 124 cm³/mol. The van der Waals surface area contributed by atoms with Crippen molar-refractivity contribution in [3.8, 4) is 0 Å². The topological polar surface area (TPSA) is 134 Å². The van der Waals surface area contributed by atoms with Crippen molar-refractivity contribution in [2.24, 2.45) is 0 Å². The summed E-state index contributed by atoms with van der Waals surface area (Å²) < 4.78 is 51.0. The number of hydrogen-bond donors (Lipinski definition) is 3. The molecule has 0 atom stereocenters. The number of nitrogens with one attached hydrogen (secondary N) is 3. The van der Waals surface area contributed by atoms with Crippen LogP contribution in [-0.2, 0) is 19.9 Å². The minimum absolute atomic E-state index is 0.0561. The Morgan fingerprint density at radius 3 is 2.19 bits per heavy atom. The van der Waals surface area contributed by atoms with Gasteiger partial charge in [-0.2, -0.15) is 0 Å². The van der Waals surface area contributed by atoms with Crippen molar-refractivity contribution >= 4 is 59.5 Å². The van der Waals surface area contributed by atoms with Crippen molar-refractivity contribution in [2.75, 3.05) is 16.4 Å². The molecule has 0 aliphatic carbocycles. The number of carbonyl (C=O) groups is 1. The van der Waals surface area contributed by atoms with Gasteiger partial charge in [0.15, 0.2) is 9.84 Å². The number of amides is 1. The van der Waals surface area contributed by atoms with E-state index in [-0.39, 0.29) is 26.1 Å². The highest BCUT2D eigenvalue weighted by Gasteiger charge is 2.20. The number of sulfonamides is 1. The zero-order chi connectivity index (χ0) is 23.7.